The molecule has 0 fully saturated rings. The van der Waals surface area contributed by atoms with Crippen molar-refractivity contribution >= 4 is 31.3 Å². The summed E-state index contributed by atoms with van der Waals surface area (Å²) in [6, 6.07) is -0.368. The van der Waals surface area contributed by atoms with Gasteiger partial charge < -0.3 is 0 Å². The molecule has 0 unspecified atom stereocenters. The van der Waals surface area contributed by atoms with E-state index in [9.17, 15) is 34.8 Å². The Hall–Kier alpha value is -0.670. The molecule has 0 aliphatic rings. The monoisotopic (exact) mass is 346 g/mol. The quantitative estimate of drug-likeness (QED) is 0.561. The Morgan fingerprint density at radius 2 is 1.26 bits per heavy atom. The van der Waals surface area contributed by atoms with E-state index in [1.165, 1.54) is 0 Å². The van der Waals surface area contributed by atoms with Crippen LogP contribution in [0.4, 0.5) is 26.3 Å². The van der Waals surface area contributed by atoms with Crippen LogP contribution < -0.4 is 0 Å². The highest BCUT2D eigenvalue weighted by Crippen LogP contribution is 2.43. The number of benzene rings is 1. The molecule has 0 radical (unpaired) electrons. The summed E-state index contributed by atoms with van der Waals surface area (Å²) in [5, 5.41) is -1.05. The van der Waals surface area contributed by atoms with Gasteiger partial charge >= 0.3 is 12.4 Å². The summed E-state index contributed by atoms with van der Waals surface area (Å²) in [5.41, 5.74) is -4.27. The summed E-state index contributed by atoms with van der Waals surface area (Å²) in [6.07, 6.45) is -10.8. The van der Waals surface area contributed by atoms with Gasteiger partial charge in [-0.2, -0.15) is 26.3 Å². The molecule has 0 saturated carbocycles. The Morgan fingerprint density at radius 3 is 1.58 bits per heavy atom. The second kappa shape index (κ2) is 4.71. The molecule has 0 saturated heterocycles. The van der Waals surface area contributed by atoms with E-state index < -0.39 is 42.4 Å². The fraction of sp³-hybridized carbons (Fsp3) is 0.250. The summed E-state index contributed by atoms with van der Waals surface area (Å²) in [7, 11) is 0.0861. The maximum atomic E-state index is 12.5. The smallest absolute Gasteiger partial charge is 0.207 e. The third-order valence-corrected chi connectivity index (χ3v) is 3.73. The Morgan fingerprint density at radius 1 is 0.895 bits per heavy atom. The van der Waals surface area contributed by atoms with Crippen molar-refractivity contribution in [2.24, 2.45) is 0 Å². The van der Waals surface area contributed by atoms with Gasteiger partial charge in [0.05, 0.1) is 16.1 Å². The van der Waals surface area contributed by atoms with Crippen molar-refractivity contribution in [3.63, 3.8) is 0 Å². The predicted octanol–water partition coefficient (Wildman–Crippen LogP) is 4.31. The SMILES string of the molecule is O=S(=O)(Cl)c1cc(C(F)(F)F)c(C(F)(F)F)cc1Cl. The molecule has 1 rings (SSSR count). The first kappa shape index (κ1) is 16.4. The first-order valence-electron chi connectivity index (χ1n) is 4.17. The van der Waals surface area contributed by atoms with Crippen LogP contribution >= 0.6 is 22.3 Å². The third kappa shape index (κ3) is 3.67. The fourth-order valence-electron chi connectivity index (χ4n) is 1.21. The van der Waals surface area contributed by atoms with Gasteiger partial charge in [0.25, 0.3) is 9.05 Å². The van der Waals surface area contributed by atoms with Crippen LogP contribution in [-0.4, -0.2) is 8.42 Å². The van der Waals surface area contributed by atoms with Gasteiger partial charge in [-0.05, 0) is 12.1 Å². The van der Waals surface area contributed by atoms with E-state index in [1.54, 1.807) is 0 Å². The van der Waals surface area contributed by atoms with Crippen molar-refractivity contribution in [2.45, 2.75) is 17.2 Å². The standard InChI is InChI=1S/C8H2Cl2F6O2S/c9-5-1-3(7(11,12)13)4(8(14,15)16)2-6(5)19(10,17)18/h1-2H. The highest BCUT2D eigenvalue weighted by atomic mass is 35.7. The molecule has 0 spiro atoms. The minimum atomic E-state index is -5.41. The van der Waals surface area contributed by atoms with Gasteiger partial charge in [-0.15, -0.1) is 0 Å². The highest BCUT2D eigenvalue weighted by Gasteiger charge is 2.44. The fourth-order valence-corrected chi connectivity index (χ4v) is 2.73. The van der Waals surface area contributed by atoms with E-state index in [2.05, 4.69) is 0 Å². The lowest BCUT2D eigenvalue weighted by Gasteiger charge is -2.16. The lowest BCUT2D eigenvalue weighted by molar-refractivity contribution is -0.162. The van der Waals surface area contributed by atoms with E-state index >= 15 is 0 Å². The van der Waals surface area contributed by atoms with Gasteiger partial charge in [0.15, 0.2) is 0 Å². The Kier molecular flexibility index (Phi) is 4.06. The molecular formula is C8H2Cl2F6O2S. The Labute approximate surface area is 112 Å². The van der Waals surface area contributed by atoms with Crippen molar-refractivity contribution in [3.8, 4) is 0 Å². The Balaban J connectivity index is 3.76. The molecule has 0 heterocycles. The summed E-state index contributed by atoms with van der Waals surface area (Å²) >= 11 is 5.21. The first-order chi connectivity index (χ1) is 8.24. The summed E-state index contributed by atoms with van der Waals surface area (Å²) < 4.78 is 96.7. The molecule has 0 N–H and O–H groups in total. The van der Waals surface area contributed by atoms with E-state index in [0.29, 0.717) is 0 Å². The second-order valence-electron chi connectivity index (χ2n) is 3.26. The van der Waals surface area contributed by atoms with Crippen LogP contribution in [-0.2, 0) is 21.4 Å². The van der Waals surface area contributed by atoms with Crippen molar-refractivity contribution in [1.82, 2.24) is 0 Å². The van der Waals surface area contributed by atoms with E-state index in [0.717, 1.165) is 0 Å². The van der Waals surface area contributed by atoms with Gasteiger partial charge in [-0.25, -0.2) is 8.42 Å². The lowest BCUT2D eigenvalue weighted by atomic mass is 10.1. The van der Waals surface area contributed by atoms with Crippen molar-refractivity contribution in [1.29, 1.82) is 0 Å². The van der Waals surface area contributed by atoms with Crippen LogP contribution in [0.5, 0.6) is 0 Å². The van der Waals surface area contributed by atoms with E-state index in [4.69, 9.17) is 22.3 Å². The topological polar surface area (TPSA) is 34.1 Å². The third-order valence-electron chi connectivity index (χ3n) is 1.95. The normalized spacial score (nSPS) is 13.7. The van der Waals surface area contributed by atoms with E-state index in [-0.39, 0.29) is 12.1 Å². The lowest BCUT2D eigenvalue weighted by Crippen LogP contribution is -2.17. The molecule has 108 valence electrons. The summed E-state index contributed by atoms with van der Waals surface area (Å²) in [4.78, 5) is -1.24. The molecular weight excluding hydrogens is 345 g/mol. The zero-order valence-corrected chi connectivity index (χ0v) is 10.7. The maximum Gasteiger partial charge on any atom is 0.417 e. The minimum absolute atomic E-state index is 0.125. The average molecular weight is 347 g/mol. The largest absolute Gasteiger partial charge is 0.417 e. The molecule has 0 aromatic heterocycles. The van der Waals surface area contributed by atoms with Crippen LogP contribution in [0, 0.1) is 0 Å². The van der Waals surface area contributed by atoms with Gasteiger partial charge in [0.2, 0.25) is 0 Å². The zero-order valence-electron chi connectivity index (χ0n) is 8.40. The molecule has 0 aliphatic heterocycles. The highest BCUT2D eigenvalue weighted by molar-refractivity contribution is 8.13. The number of rotatable bonds is 1. The van der Waals surface area contributed by atoms with Crippen LogP contribution in [0.3, 0.4) is 0 Å². The zero-order chi connectivity index (χ0) is 15.2. The number of hydrogen-bond donors (Lipinski definition) is 0. The molecule has 0 amide bonds. The van der Waals surface area contributed by atoms with Crippen LogP contribution in [0.15, 0.2) is 17.0 Å². The van der Waals surface area contributed by atoms with Crippen LogP contribution in [0.1, 0.15) is 11.1 Å². The van der Waals surface area contributed by atoms with Crippen molar-refractivity contribution in [3.05, 3.63) is 28.3 Å². The van der Waals surface area contributed by atoms with E-state index in [1.807, 2.05) is 0 Å². The Bertz CT molecular complexity index is 605. The number of halogens is 8. The van der Waals surface area contributed by atoms with Gasteiger partial charge in [-0.1, -0.05) is 11.6 Å². The first-order valence-corrected chi connectivity index (χ1v) is 6.86. The van der Waals surface area contributed by atoms with Gasteiger partial charge in [0, 0.05) is 10.7 Å². The summed E-state index contributed by atoms with van der Waals surface area (Å²) in [5.74, 6) is 0. The molecule has 0 bridgehead atoms. The predicted molar refractivity (Wildman–Crippen MR) is 54.5 cm³/mol. The van der Waals surface area contributed by atoms with Gasteiger partial charge in [-0.3, -0.25) is 0 Å². The molecule has 19 heavy (non-hydrogen) atoms. The molecule has 2 nitrogen and oxygen atoms in total. The minimum Gasteiger partial charge on any atom is -0.207 e. The van der Waals surface area contributed by atoms with Gasteiger partial charge in [0.1, 0.15) is 4.90 Å². The molecule has 11 heteroatoms. The maximum absolute atomic E-state index is 12.5. The van der Waals surface area contributed by atoms with Crippen molar-refractivity contribution < 1.29 is 34.8 Å². The molecule has 0 atom stereocenters. The average Bonchev–Trinajstić information content (AvgIpc) is 2.11. The van der Waals surface area contributed by atoms with Crippen LogP contribution in [0.2, 0.25) is 5.02 Å². The number of hydrogen-bond acceptors (Lipinski definition) is 2. The van der Waals surface area contributed by atoms with Crippen molar-refractivity contribution in [2.75, 3.05) is 0 Å². The molecule has 0 aliphatic carbocycles. The number of alkyl halides is 6. The summed E-state index contributed by atoms with van der Waals surface area (Å²) in [6.45, 7) is 0. The molecule has 1 aromatic carbocycles. The molecule has 1 aromatic rings. The second-order valence-corrected chi connectivity index (χ2v) is 6.20. The van der Waals surface area contributed by atoms with Crippen LogP contribution in [0.25, 0.3) is 0 Å².